The Balaban J connectivity index is 1.85. The van der Waals surface area contributed by atoms with Crippen LogP contribution < -0.4 is 5.32 Å². The van der Waals surface area contributed by atoms with E-state index in [1.54, 1.807) is 0 Å². The van der Waals surface area contributed by atoms with Gasteiger partial charge in [-0.25, -0.2) is 4.98 Å². The Morgan fingerprint density at radius 3 is 2.81 bits per heavy atom. The summed E-state index contributed by atoms with van der Waals surface area (Å²) in [5.41, 5.74) is 0. The number of nitrogens with one attached hydrogen (secondary N) is 1. The van der Waals surface area contributed by atoms with Crippen LogP contribution in [0.1, 0.15) is 26.7 Å². The quantitative estimate of drug-likeness (QED) is 0.763. The first-order valence-electron chi connectivity index (χ1n) is 6.33. The predicted molar refractivity (Wildman–Crippen MR) is 66.7 cm³/mol. The maximum absolute atomic E-state index is 4.36. The van der Waals surface area contributed by atoms with Crippen molar-refractivity contribution in [3.8, 4) is 0 Å². The number of hydrogen-bond donors (Lipinski definition) is 1. The fourth-order valence-corrected chi connectivity index (χ4v) is 1.83. The van der Waals surface area contributed by atoms with E-state index < -0.39 is 0 Å². The Hall–Kier alpha value is -1.03. The monoisotopic (exact) mass is 222 g/mol. The van der Waals surface area contributed by atoms with Crippen molar-refractivity contribution in [1.29, 1.82) is 0 Å². The molecule has 4 nitrogen and oxygen atoms in total. The van der Waals surface area contributed by atoms with Crippen molar-refractivity contribution < 1.29 is 0 Å². The van der Waals surface area contributed by atoms with E-state index in [-0.39, 0.29) is 0 Å². The van der Waals surface area contributed by atoms with Gasteiger partial charge in [-0.05, 0) is 25.9 Å². The van der Waals surface area contributed by atoms with Crippen LogP contribution in [0.3, 0.4) is 0 Å². The molecule has 1 aromatic rings. The third kappa shape index (κ3) is 2.98. The van der Waals surface area contributed by atoms with Crippen molar-refractivity contribution in [2.45, 2.75) is 39.3 Å². The number of anilines is 1. The van der Waals surface area contributed by atoms with Crippen LogP contribution >= 0.6 is 0 Å². The minimum absolute atomic E-state index is 0.676. The summed E-state index contributed by atoms with van der Waals surface area (Å²) in [6.45, 7) is 8.79. The molecule has 4 heteroatoms. The highest BCUT2D eigenvalue weighted by molar-refractivity contribution is 5.29. The van der Waals surface area contributed by atoms with Crippen LogP contribution in [0, 0.1) is 0 Å². The number of nitrogens with zero attached hydrogens (tertiary/aromatic N) is 3. The largest absolute Gasteiger partial charge is 0.353 e. The van der Waals surface area contributed by atoms with Gasteiger partial charge < -0.3 is 14.8 Å². The maximum atomic E-state index is 4.36. The van der Waals surface area contributed by atoms with E-state index in [2.05, 4.69) is 39.8 Å². The van der Waals surface area contributed by atoms with E-state index in [9.17, 15) is 0 Å². The zero-order valence-corrected chi connectivity index (χ0v) is 10.3. The van der Waals surface area contributed by atoms with Crippen molar-refractivity contribution in [3.63, 3.8) is 0 Å². The van der Waals surface area contributed by atoms with Crippen molar-refractivity contribution in [3.05, 3.63) is 12.4 Å². The van der Waals surface area contributed by atoms with Crippen molar-refractivity contribution in [2.75, 3.05) is 25.0 Å². The Kier molecular flexibility index (Phi) is 3.83. The number of rotatable bonds is 7. The van der Waals surface area contributed by atoms with Crippen LogP contribution in [0.4, 0.5) is 5.95 Å². The SMILES string of the molecule is CCN(CC)CCn1ccnc1NC1CC1. The molecule has 2 rings (SSSR count). The highest BCUT2D eigenvalue weighted by atomic mass is 15.2. The molecule has 1 aromatic heterocycles. The first-order chi connectivity index (χ1) is 7.83. The topological polar surface area (TPSA) is 33.1 Å². The van der Waals surface area contributed by atoms with Crippen molar-refractivity contribution in [2.24, 2.45) is 0 Å². The molecule has 90 valence electrons. The summed E-state index contributed by atoms with van der Waals surface area (Å²) in [7, 11) is 0. The molecule has 0 radical (unpaired) electrons. The average molecular weight is 222 g/mol. The molecule has 1 aliphatic rings. The van der Waals surface area contributed by atoms with Crippen LogP contribution in [0.25, 0.3) is 0 Å². The second kappa shape index (κ2) is 5.34. The van der Waals surface area contributed by atoms with Gasteiger partial charge in [0.25, 0.3) is 0 Å². The van der Waals surface area contributed by atoms with E-state index >= 15 is 0 Å². The Labute approximate surface area is 97.7 Å². The fourth-order valence-electron chi connectivity index (χ4n) is 1.83. The Bertz CT molecular complexity index is 313. The summed E-state index contributed by atoms with van der Waals surface area (Å²) in [4.78, 5) is 6.79. The summed E-state index contributed by atoms with van der Waals surface area (Å²) in [5.74, 6) is 1.04. The van der Waals surface area contributed by atoms with Crippen LogP contribution in [0.5, 0.6) is 0 Å². The lowest BCUT2D eigenvalue weighted by Gasteiger charge is -2.18. The minimum atomic E-state index is 0.676. The van der Waals surface area contributed by atoms with E-state index in [1.807, 2.05) is 6.20 Å². The Morgan fingerprint density at radius 2 is 2.19 bits per heavy atom. The van der Waals surface area contributed by atoms with Crippen molar-refractivity contribution in [1.82, 2.24) is 14.5 Å². The molecule has 0 atom stereocenters. The molecule has 0 aliphatic heterocycles. The molecule has 1 saturated carbocycles. The van der Waals surface area contributed by atoms with E-state index in [0.29, 0.717) is 6.04 Å². The van der Waals surface area contributed by atoms with Crippen LogP contribution in [-0.2, 0) is 6.54 Å². The van der Waals surface area contributed by atoms with Gasteiger partial charge in [-0.1, -0.05) is 13.8 Å². The summed E-state index contributed by atoms with van der Waals surface area (Å²) >= 11 is 0. The lowest BCUT2D eigenvalue weighted by molar-refractivity contribution is 0.291. The zero-order chi connectivity index (χ0) is 11.4. The van der Waals surface area contributed by atoms with Gasteiger partial charge in [-0.3, -0.25) is 0 Å². The average Bonchev–Trinajstić information content (AvgIpc) is 3.00. The summed E-state index contributed by atoms with van der Waals surface area (Å²) in [6.07, 6.45) is 6.53. The van der Waals surface area contributed by atoms with E-state index in [1.165, 1.54) is 12.8 Å². The van der Waals surface area contributed by atoms with Gasteiger partial charge in [-0.2, -0.15) is 0 Å². The summed E-state index contributed by atoms with van der Waals surface area (Å²) in [5, 5.41) is 3.46. The number of aromatic nitrogens is 2. The number of hydrogen-bond acceptors (Lipinski definition) is 3. The molecule has 1 aliphatic carbocycles. The van der Waals surface area contributed by atoms with Crippen LogP contribution in [0.15, 0.2) is 12.4 Å². The van der Waals surface area contributed by atoms with Crippen molar-refractivity contribution >= 4 is 5.95 Å². The summed E-state index contributed by atoms with van der Waals surface area (Å²) in [6, 6.07) is 0.676. The molecule has 1 N–H and O–H groups in total. The highest BCUT2D eigenvalue weighted by Crippen LogP contribution is 2.23. The lowest BCUT2D eigenvalue weighted by Crippen LogP contribution is -2.27. The zero-order valence-electron chi connectivity index (χ0n) is 10.3. The first-order valence-corrected chi connectivity index (χ1v) is 6.33. The third-order valence-electron chi connectivity index (χ3n) is 3.18. The molecule has 1 heterocycles. The molecule has 0 saturated heterocycles. The van der Waals surface area contributed by atoms with E-state index in [0.717, 1.165) is 32.1 Å². The predicted octanol–water partition coefficient (Wildman–Crippen LogP) is 1.80. The molecule has 0 spiro atoms. The number of imidazole rings is 1. The highest BCUT2D eigenvalue weighted by Gasteiger charge is 2.22. The van der Waals surface area contributed by atoms with Gasteiger partial charge in [0.15, 0.2) is 0 Å². The molecular formula is C12H22N4. The maximum Gasteiger partial charge on any atom is 0.203 e. The third-order valence-corrected chi connectivity index (χ3v) is 3.18. The lowest BCUT2D eigenvalue weighted by atomic mass is 10.4. The molecule has 1 fully saturated rings. The molecule has 0 amide bonds. The second-order valence-corrected chi connectivity index (χ2v) is 4.39. The first kappa shape index (κ1) is 11.5. The Morgan fingerprint density at radius 1 is 1.44 bits per heavy atom. The second-order valence-electron chi connectivity index (χ2n) is 4.39. The van der Waals surface area contributed by atoms with Gasteiger partial charge in [0, 0.05) is 31.5 Å². The van der Waals surface area contributed by atoms with Gasteiger partial charge in [0.05, 0.1) is 0 Å². The standard InChI is InChI=1S/C12H22N4/c1-3-15(4-2)9-10-16-8-7-13-12(16)14-11-5-6-11/h7-8,11H,3-6,9-10H2,1-2H3,(H,13,14). The van der Waals surface area contributed by atoms with E-state index in [4.69, 9.17) is 0 Å². The molecule has 0 unspecified atom stereocenters. The normalized spacial score (nSPS) is 15.7. The van der Waals surface area contributed by atoms with Crippen LogP contribution in [-0.4, -0.2) is 40.1 Å². The van der Waals surface area contributed by atoms with Gasteiger partial charge in [0.2, 0.25) is 5.95 Å². The molecule has 16 heavy (non-hydrogen) atoms. The number of likely N-dealkylation sites (N-methyl/N-ethyl adjacent to an activating group) is 1. The fraction of sp³-hybridized carbons (Fsp3) is 0.750. The molecular weight excluding hydrogens is 200 g/mol. The smallest absolute Gasteiger partial charge is 0.203 e. The van der Waals surface area contributed by atoms with Gasteiger partial charge in [-0.15, -0.1) is 0 Å². The molecule has 0 aromatic carbocycles. The van der Waals surface area contributed by atoms with Crippen LogP contribution in [0.2, 0.25) is 0 Å². The summed E-state index contributed by atoms with van der Waals surface area (Å²) < 4.78 is 2.22. The van der Waals surface area contributed by atoms with Gasteiger partial charge in [0.1, 0.15) is 0 Å². The minimum Gasteiger partial charge on any atom is -0.353 e. The molecule has 0 bridgehead atoms. The van der Waals surface area contributed by atoms with Gasteiger partial charge >= 0.3 is 0 Å².